The Morgan fingerprint density at radius 2 is 1.86 bits per heavy atom. The van der Waals surface area contributed by atoms with Crippen LogP contribution in [-0.2, 0) is 0 Å². The van der Waals surface area contributed by atoms with Crippen molar-refractivity contribution in [2.24, 2.45) is 0 Å². The molecule has 0 aliphatic carbocycles. The molecule has 0 atom stereocenters. The van der Waals surface area contributed by atoms with Crippen molar-refractivity contribution in [3.8, 4) is 11.5 Å². The van der Waals surface area contributed by atoms with Crippen LogP contribution in [0.3, 0.4) is 0 Å². The summed E-state index contributed by atoms with van der Waals surface area (Å²) in [6, 6.07) is 6.69. The van der Waals surface area contributed by atoms with Crippen molar-refractivity contribution in [2.45, 2.75) is 13.8 Å². The van der Waals surface area contributed by atoms with Gasteiger partial charge in [0.15, 0.2) is 23.1 Å². The van der Waals surface area contributed by atoms with E-state index in [2.05, 4.69) is 26.2 Å². The van der Waals surface area contributed by atoms with Crippen LogP contribution in [0.2, 0.25) is 0 Å². The first-order valence-corrected chi connectivity index (χ1v) is 7.41. The van der Waals surface area contributed by atoms with Crippen molar-refractivity contribution in [1.29, 1.82) is 0 Å². The van der Waals surface area contributed by atoms with Crippen molar-refractivity contribution >= 4 is 27.4 Å². The average Bonchev–Trinajstić information content (AvgIpc) is 2.45. The molecule has 0 amide bonds. The van der Waals surface area contributed by atoms with E-state index in [9.17, 15) is 4.39 Å². The van der Waals surface area contributed by atoms with E-state index in [0.29, 0.717) is 34.9 Å². The average molecular weight is 355 g/mol. The first-order valence-electron chi connectivity index (χ1n) is 6.61. The third-order valence-corrected chi connectivity index (χ3v) is 3.05. The predicted molar refractivity (Wildman–Crippen MR) is 84.0 cm³/mol. The fourth-order valence-corrected chi connectivity index (χ4v) is 2.08. The third-order valence-electron chi connectivity index (χ3n) is 2.61. The van der Waals surface area contributed by atoms with Gasteiger partial charge in [-0.3, -0.25) is 0 Å². The minimum absolute atomic E-state index is 0.157. The van der Waals surface area contributed by atoms with Gasteiger partial charge in [0, 0.05) is 22.4 Å². The summed E-state index contributed by atoms with van der Waals surface area (Å²) in [5.41, 5.74) is 0.677. The smallest absolute Gasteiger partial charge is 0.166 e. The van der Waals surface area contributed by atoms with Crippen molar-refractivity contribution in [3.05, 3.63) is 40.8 Å². The Kier molecular flexibility index (Phi) is 5.38. The van der Waals surface area contributed by atoms with Gasteiger partial charge in [-0.15, -0.1) is 0 Å². The highest BCUT2D eigenvalue weighted by atomic mass is 79.9. The summed E-state index contributed by atoms with van der Waals surface area (Å²) in [4.78, 5) is 4.00. The largest absolute Gasteiger partial charge is 0.490 e. The predicted octanol–water partition coefficient (Wildman–Crippen LogP) is 4.52. The van der Waals surface area contributed by atoms with Gasteiger partial charge in [0.25, 0.3) is 0 Å². The van der Waals surface area contributed by atoms with E-state index in [1.54, 1.807) is 18.2 Å². The Balaban J connectivity index is 2.25. The number of hydrogen-bond acceptors (Lipinski definition) is 4. The van der Waals surface area contributed by atoms with Crippen molar-refractivity contribution in [1.82, 2.24) is 4.98 Å². The van der Waals surface area contributed by atoms with Crippen LogP contribution in [0, 0.1) is 5.82 Å². The molecular formula is C15H16BrFN2O2. The highest BCUT2D eigenvalue weighted by Crippen LogP contribution is 2.32. The van der Waals surface area contributed by atoms with Crippen LogP contribution in [0.5, 0.6) is 11.5 Å². The van der Waals surface area contributed by atoms with Gasteiger partial charge in [-0.1, -0.05) is 0 Å². The number of rotatable bonds is 6. The molecule has 0 saturated heterocycles. The number of nitrogens with zero attached hydrogens (tertiary/aromatic N) is 1. The fraction of sp³-hybridized carbons (Fsp3) is 0.267. The molecule has 0 aliphatic heterocycles. The SMILES string of the molecule is CCOc1ccc(Nc2ncc(Br)cc2F)cc1OCC. The molecule has 112 valence electrons. The molecule has 6 heteroatoms. The first kappa shape index (κ1) is 15.6. The summed E-state index contributed by atoms with van der Waals surface area (Å²) < 4.78 is 25.4. The topological polar surface area (TPSA) is 43.4 Å². The lowest BCUT2D eigenvalue weighted by Crippen LogP contribution is -2.01. The first-order chi connectivity index (χ1) is 10.1. The second kappa shape index (κ2) is 7.26. The van der Waals surface area contributed by atoms with Gasteiger partial charge >= 0.3 is 0 Å². The number of ether oxygens (including phenoxy) is 2. The Bertz CT molecular complexity index is 623. The fourth-order valence-electron chi connectivity index (χ4n) is 1.77. The molecule has 0 fully saturated rings. The van der Waals surface area contributed by atoms with E-state index >= 15 is 0 Å². The summed E-state index contributed by atoms with van der Waals surface area (Å²) in [5.74, 6) is 0.997. The molecule has 0 saturated carbocycles. The minimum Gasteiger partial charge on any atom is -0.490 e. The molecule has 2 aromatic rings. The van der Waals surface area contributed by atoms with Crippen LogP contribution in [0.4, 0.5) is 15.9 Å². The highest BCUT2D eigenvalue weighted by Gasteiger charge is 2.09. The van der Waals surface area contributed by atoms with Crippen LogP contribution in [-0.4, -0.2) is 18.2 Å². The molecule has 0 unspecified atom stereocenters. The molecule has 0 spiro atoms. The van der Waals surface area contributed by atoms with Crippen molar-refractivity contribution in [3.63, 3.8) is 0 Å². The van der Waals surface area contributed by atoms with Crippen molar-refractivity contribution < 1.29 is 13.9 Å². The lowest BCUT2D eigenvalue weighted by molar-refractivity contribution is 0.288. The molecule has 1 heterocycles. The zero-order valence-corrected chi connectivity index (χ0v) is 13.4. The van der Waals surface area contributed by atoms with Gasteiger partial charge in [-0.2, -0.15) is 0 Å². The van der Waals surface area contributed by atoms with Crippen LogP contribution in [0.25, 0.3) is 0 Å². The minimum atomic E-state index is -0.434. The molecule has 21 heavy (non-hydrogen) atoms. The van der Waals surface area contributed by atoms with Gasteiger partial charge in [0.1, 0.15) is 0 Å². The second-order valence-corrected chi connectivity index (χ2v) is 5.05. The van der Waals surface area contributed by atoms with Crippen molar-refractivity contribution in [2.75, 3.05) is 18.5 Å². The third kappa shape index (κ3) is 4.07. The second-order valence-electron chi connectivity index (χ2n) is 4.14. The maximum Gasteiger partial charge on any atom is 0.166 e. The highest BCUT2D eigenvalue weighted by molar-refractivity contribution is 9.10. The number of pyridine rings is 1. The van der Waals surface area contributed by atoms with Crippen LogP contribution in [0.15, 0.2) is 34.9 Å². The molecule has 1 N–H and O–H groups in total. The Labute approximate surface area is 131 Å². The number of benzene rings is 1. The standard InChI is InChI=1S/C15H16BrFN2O2/c1-3-20-13-6-5-11(8-14(13)21-4-2)19-15-12(17)7-10(16)9-18-15/h5-9H,3-4H2,1-2H3,(H,18,19). The van der Waals surface area contributed by atoms with Crippen LogP contribution >= 0.6 is 15.9 Å². The monoisotopic (exact) mass is 354 g/mol. The summed E-state index contributed by atoms with van der Waals surface area (Å²) in [6.07, 6.45) is 1.53. The van der Waals surface area contributed by atoms with E-state index in [-0.39, 0.29) is 5.82 Å². The summed E-state index contributed by atoms with van der Waals surface area (Å²) >= 11 is 3.17. The molecule has 1 aromatic carbocycles. The van der Waals surface area contributed by atoms with E-state index in [4.69, 9.17) is 9.47 Å². The lowest BCUT2D eigenvalue weighted by atomic mass is 10.2. The number of halogens is 2. The molecule has 0 bridgehead atoms. The van der Waals surface area contributed by atoms with Gasteiger partial charge < -0.3 is 14.8 Å². The number of aromatic nitrogens is 1. The van der Waals surface area contributed by atoms with Gasteiger partial charge in [-0.05, 0) is 48.0 Å². The van der Waals surface area contributed by atoms with E-state index in [1.807, 2.05) is 13.8 Å². The normalized spacial score (nSPS) is 10.3. The molecule has 1 aromatic heterocycles. The van der Waals surface area contributed by atoms with Crippen LogP contribution in [0.1, 0.15) is 13.8 Å². The zero-order valence-electron chi connectivity index (χ0n) is 11.8. The van der Waals surface area contributed by atoms with E-state index in [0.717, 1.165) is 0 Å². The molecule has 4 nitrogen and oxygen atoms in total. The Morgan fingerprint density at radius 1 is 1.14 bits per heavy atom. The quantitative estimate of drug-likeness (QED) is 0.827. The van der Waals surface area contributed by atoms with Gasteiger partial charge in [0.2, 0.25) is 0 Å². The van der Waals surface area contributed by atoms with E-state index in [1.165, 1.54) is 12.3 Å². The molecule has 2 rings (SSSR count). The zero-order chi connectivity index (χ0) is 15.2. The number of nitrogens with one attached hydrogen (secondary N) is 1. The number of hydrogen-bond donors (Lipinski definition) is 1. The molecular weight excluding hydrogens is 339 g/mol. The van der Waals surface area contributed by atoms with Gasteiger partial charge in [-0.25, -0.2) is 9.37 Å². The Hall–Kier alpha value is -1.82. The van der Waals surface area contributed by atoms with E-state index < -0.39 is 5.82 Å². The Morgan fingerprint density at radius 3 is 2.52 bits per heavy atom. The lowest BCUT2D eigenvalue weighted by Gasteiger charge is -2.13. The summed E-state index contributed by atoms with van der Waals surface area (Å²) in [7, 11) is 0. The summed E-state index contributed by atoms with van der Waals surface area (Å²) in [5, 5.41) is 2.93. The van der Waals surface area contributed by atoms with Crippen LogP contribution < -0.4 is 14.8 Å². The summed E-state index contributed by atoms with van der Waals surface area (Å²) in [6.45, 7) is 4.87. The van der Waals surface area contributed by atoms with Gasteiger partial charge in [0.05, 0.1) is 13.2 Å². The molecule has 0 aliphatic rings. The molecule has 0 radical (unpaired) electrons. The number of anilines is 2. The maximum absolute atomic E-state index is 13.8. The maximum atomic E-state index is 13.8.